The van der Waals surface area contributed by atoms with Crippen LogP contribution in [0.15, 0.2) is 28.0 Å². The van der Waals surface area contributed by atoms with Crippen molar-refractivity contribution in [3.63, 3.8) is 0 Å². The number of aromatic nitrogens is 2. The summed E-state index contributed by atoms with van der Waals surface area (Å²) in [5.41, 5.74) is 0.0329. The predicted octanol–water partition coefficient (Wildman–Crippen LogP) is 1.35. The van der Waals surface area contributed by atoms with Crippen LogP contribution in [0.5, 0.6) is 0 Å². The van der Waals surface area contributed by atoms with Gasteiger partial charge in [-0.3, -0.25) is 19.0 Å². The van der Waals surface area contributed by atoms with Gasteiger partial charge in [-0.2, -0.15) is 0 Å². The van der Waals surface area contributed by atoms with E-state index in [1.165, 1.54) is 29.4 Å². The second-order valence-corrected chi connectivity index (χ2v) is 8.04. The van der Waals surface area contributed by atoms with Crippen LogP contribution in [0.3, 0.4) is 0 Å². The highest BCUT2D eigenvalue weighted by molar-refractivity contribution is 7.98. The summed E-state index contributed by atoms with van der Waals surface area (Å²) in [7, 11) is 1.47. The van der Waals surface area contributed by atoms with Crippen LogP contribution < -0.4 is 10.9 Å². The van der Waals surface area contributed by atoms with Gasteiger partial charge >= 0.3 is 0 Å². The lowest BCUT2D eigenvalue weighted by molar-refractivity contribution is -0.142. The average Bonchev–Trinajstić information content (AvgIpc) is 2.60. The Labute approximate surface area is 155 Å². The number of fused-ring (bicyclic) bond motifs is 1. The van der Waals surface area contributed by atoms with Crippen molar-refractivity contribution in [1.82, 2.24) is 19.8 Å². The van der Waals surface area contributed by atoms with Crippen molar-refractivity contribution >= 4 is 34.6 Å². The van der Waals surface area contributed by atoms with E-state index in [-0.39, 0.29) is 23.4 Å². The Morgan fingerprint density at radius 3 is 2.58 bits per heavy atom. The molecule has 0 bridgehead atoms. The number of hydrogen-bond donors (Lipinski definition) is 1. The number of carbonyl (C=O) groups is 2. The summed E-state index contributed by atoms with van der Waals surface area (Å²) >= 11 is 1.45. The van der Waals surface area contributed by atoms with Crippen molar-refractivity contribution in [3.05, 3.63) is 34.1 Å². The first-order valence-corrected chi connectivity index (χ1v) is 9.56. The van der Waals surface area contributed by atoms with E-state index in [9.17, 15) is 14.4 Å². The summed E-state index contributed by atoms with van der Waals surface area (Å²) in [5, 5.41) is 3.87. The number of pyridine rings is 2. The lowest BCUT2D eigenvalue weighted by Crippen LogP contribution is -2.56. The van der Waals surface area contributed by atoms with Crippen LogP contribution in [0.25, 0.3) is 11.0 Å². The van der Waals surface area contributed by atoms with E-state index < -0.39 is 11.5 Å². The number of hydrogen-bond acceptors (Lipinski definition) is 5. The summed E-state index contributed by atoms with van der Waals surface area (Å²) in [4.78, 5) is 43.8. The summed E-state index contributed by atoms with van der Waals surface area (Å²) in [6, 6.07) is 5.17. The zero-order valence-electron chi connectivity index (χ0n) is 15.3. The molecule has 0 spiro atoms. The molecule has 1 aliphatic rings. The van der Waals surface area contributed by atoms with Crippen LogP contribution in [0.4, 0.5) is 0 Å². The Hall–Kier alpha value is -2.35. The lowest BCUT2D eigenvalue weighted by atomic mass is 9.84. The van der Waals surface area contributed by atoms with Gasteiger partial charge in [-0.1, -0.05) is 13.8 Å². The monoisotopic (exact) mass is 374 g/mol. The largest absolute Gasteiger partial charge is 0.355 e. The van der Waals surface area contributed by atoms with Crippen molar-refractivity contribution in [2.45, 2.75) is 25.4 Å². The number of nitrogens with zero attached hydrogens (tertiary/aromatic N) is 3. The van der Waals surface area contributed by atoms with E-state index in [2.05, 4.69) is 24.1 Å². The molecule has 26 heavy (non-hydrogen) atoms. The number of thioether (sulfide) groups is 1. The van der Waals surface area contributed by atoms with Gasteiger partial charge in [-0.15, -0.1) is 11.8 Å². The van der Waals surface area contributed by atoms with Crippen molar-refractivity contribution in [2.75, 3.05) is 26.4 Å². The SMILES string of the molecule is CNC(=O)c1cc2ccc(SC)nc2n(CC(=O)N2CC(C)(C)C2)c1=O. The average molecular weight is 374 g/mol. The quantitative estimate of drug-likeness (QED) is 0.817. The third kappa shape index (κ3) is 3.33. The van der Waals surface area contributed by atoms with Gasteiger partial charge in [0.1, 0.15) is 17.8 Å². The van der Waals surface area contributed by atoms with E-state index in [0.717, 1.165) is 5.03 Å². The van der Waals surface area contributed by atoms with Gasteiger partial charge in [0.15, 0.2) is 0 Å². The number of rotatable bonds is 4. The molecule has 1 fully saturated rings. The highest BCUT2D eigenvalue weighted by Crippen LogP contribution is 2.28. The third-order valence-electron chi connectivity index (χ3n) is 4.48. The van der Waals surface area contributed by atoms with Gasteiger partial charge in [0, 0.05) is 25.5 Å². The molecule has 0 radical (unpaired) electrons. The third-order valence-corrected chi connectivity index (χ3v) is 5.12. The maximum absolute atomic E-state index is 12.9. The smallest absolute Gasteiger partial charge is 0.265 e. The minimum atomic E-state index is -0.504. The Kier molecular flexibility index (Phi) is 4.79. The number of amides is 2. The maximum Gasteiger partial charge on any atom is 0.265 e. The molecule has 0 unspecified atom stereocenters. The molecule has 0 aliphatic carbocycles. The second kappa shape index (κ2) is 6.75. The number of carbonyl (C=O) groups excluding carboxylic acids is 2. The Morgan fingerprint density at radius 1 is 1.31 bits per heavy atom. The first-order valence-electron chi connectivity index (χ1n) is 8.34. The highest BCUT2D eigenvalue weighted by atomic mass is 32.2. The molecule has 2 amide bonds. The van der Waals surface area contributed by atoms with Crippen LogP contribution >= 0.6 is 11.8 Å². The first kappa shape index (κ1) is 18.4. The molecule has 3 rings (SSSR count). The molecule has 8 heteroatoms. The molecule has 0 saturated carbocycles. The fraction of sp³-hybridized carbons (Fsp3) is 0.444. The van der Waals surface area contributed by atoms with Gasteiger partial charge in [-0.25, -0.2) is 4.98 Å². The zero-order valence-corrected chi connectivity index (χ0v) is 16.1. The Balaban J connectivity index is 2.08. The van der Waals surface area contributed by atoms with Gasteiger partial charge in [0.05, 0.1) is 5.03 Å². The molecule has 0 atom stereocenters. The standard InChI is InChI=1S/C18H22N4O3S/c1-18(2)9-21(10-18)14(23)8-22-15-11(5-6-13(20-15)26-4)7-12(17(22)25)16(24)19-3/h5-7H,8-10H2,1-4H3,(H,19,24). The highest BCUT2D eigenvalue weighted by Gasteiger charge is 2.37. The van der Waals surface area contributed by atoms with Crippen LogP contribution in [0.1, 0.15) is 24.2 Å². The molecule has 3 heterocycles. The van der Waals surface area contributed by atoms with Gasteiger partial charge in [0.2, 0.25) is 5.91 Å². The summed E-state index contributed by atoms with van der Waals surface area (Å²) in [6.07, 6.45) is 1.89. The summed E-state index contributed by atoms with van der Waals surface area (Å²) in [5.74, 6) is -0.615. The molecule has 1 aliphatic heterocycles. The first-order chi connectivity index (χ1) is 12.3. The number of likely N-dealkylation sites (tertiary alicyclic amines) is 1. The lowest BCUT2D eigenvalue weighted by Gasteiger charge is -2.45. The fourth-order valence-corrected chi connectivity index (χ4v) is 3.57. The van der Waals surface area contributed by atoms with Crippen LogP contribution in [0.2, 0.25) is 0 Å². The van der Waals surface area contributed by atoms with E-state index in [1.807, 2.05) is 18.4 Å². The second-order valence-electron chi connectivity index (χ2n) is 7.21. The molecule has 2 aromatic heterocycles. The van der Waals surface area contributed by atoms with Crippen LogP contribution in [0, 0.1) is 5.41 Å². The molecule has 1 saturated heterocycles. The van der Waals surface area contributed by atoms with Crippen molar-refractivity contribution in [3.8, 4) is 0 Å². The van der Waals surface area contributed by atoms with Crippen molar-refractivity contribution in [1.29, 1.82) is 0 Å². The Morgan fingerprint density at radius 2 is 2.00 bits per heavy atom. The normalized spacial score (nSPS) is 15.6. The van der Waals surface area contributed by atoms with E-state index in [0.29, 0.717) is 24.1 Å². The van der Waals surface area contributed by atoms with Gasteiger partial charge in [0.25, 0.3) is 11.5 Å². The topological polar surface area (TPSA) is 84.3 Å². The van der Waals surface area contributed by atoms with Gasteiger partial charge < -0.3 is 10.2 Å². The zero-order chi connectivity index (χ0) is 19.1. The predicted molar refractivity (Wildman–Crippen MR) is 102 cm³/mol. The molecule has 138 valence electrons. The van der Waals surface area contributed by atoms with Crippen molar-refractivity contribution < 1.29 is 9.59 Å². The van der Waals surface area contributed by atoms with Crippen LogP contribution in [-0.2, 0) is 11.3 Å². The van der Waals surface area contributed by atoms with Crippen molar-refractivity contribution in [2.24, 2.45) is 5.41 Å². The summed E-state index contributed by atoms with van der Waals surface area (Å²) < 4.78 is 1.31. The van der Waals surface area contributed by atoms with E-state index in [1.54, 1.807) is 4.90 Å². The molecular weight excluding hydrogens is 352 g/mol. The minimum absolute atomic E-state index is 0.00967. The molecule has 2 aromatic rings. The Bertz CT molecular complexity index is 943. The van der Waals surface area contributed by atoms with E-state index in [4.69, 9.17) is 0 Å². The van der Waals surface area contributed by atoms with E-state index >= 15 is 0 Å². The molecular formula is C18H22N4O3S. The molecule has 7 nitrogen and oxygen atoms in total. The summed E-state index contributed by atoms with van der Waals surface area (Å²) in [6.45, 7) is 5.39. The van der Waals surface area contributed by atoms with Gasteiger partial charge in [-0.05, 0) is 29.9 Å². The fourth-order valence-electron chi connectivity index (χ4n) is 3.19. The minimum Gasteiger partial charge on any atom is -0.355 e. The van der Waals surface area contributed by atoms with Crippen LogP contribution in [-0.4, -0.2) is 52.7 Å². The maximum atomic E-state index is 12.9. The molecule has 1 N–H and O–H groups in total. The molecule has 0 aromatic carbocycles. The number of nitrogens with one attached hydrogen (secondary N) is 1.